The molecule has 0 radical (unpaired) electrons. The van der Waals surface area contributed by atoms with E-state index in [0.717, 1.165) is 5.39 Å². The van der Waals surface area contributed by atoms with Crippen molar-refractivity contribution in [3.63, 3.8) is 0 Å². The molecule has 5 rings (SSSR count). The average molecular weight is 441 g/mol. The van der Waals surface area contributed by atoms with Crippen molar-refractivity contribution in [1.29, 1.82) is 0 Å². The van der Waals surface area contributed by atoms with Crippen LogP contribution in [0.5, 0.6) is 0 Å². The van der Waals surface area contributed by atoms with Gasteiger partial charge >= 0.3 is 0 Å². The van der Waals surface area contributed by atoms with Gasteiger partial charge in [-0.05, 0) is 52.7 Å². The number of carbonyl (C=O) groups excluding carboxylic acids is 2. The number of hydrogen-bond donors (Lipinski definition) is 1. The van der Waals surface area contributed by atoms with Crippen LogP contribution in [0.3, 0.4) is 0 Å². The van der Waals surface area contributed by atoms with Gasteiger partial charge in [-0.25, -0.2) is 8.78 Å². The van der Waals surface area contributed by atoms with Crippen LogP contribution in [0.4, 0.5) is 14.5 Å². The highest BCUT2D eigenvalue weighted by Crippen LogP contribution is 2.43. The van der Waals surface area contributed by atoms with Gasteiger partial charge in [0.1, 0.15) is 17.4 Å². The van der Waals surface area contributed by atoms with E-state index in [1.807, 2.05) is 30.3 Å². The molecule has 4 aromatic rings. The van der Waals surface area contributed by atoms with Crippen molar-refractivity contribution in [2.45, 2.75) is 6.04 Å². The molecule has 162 valence electrons. The highest BCUT2D eigenvalue weighted by atomic mass is 19.1. The van der Waals surface area contributed by atoms with Gasteiger partial charge < -0.3 is 5.11 Å². The monoisotopic (exact) mass is 441 g/mol. The normalized spacial score (nSPS) is 17.6. The van der Waals surface area contributed by atoms with E-state index >= 15 is 0 Å². The van der Waals surface area contributed by atoms with E-state index in [1.165, 1.54) is 53.4 Å². The number of ketones is 1. The number of hydrogen-bond acceptors (Lipinski definition) is 3. The third kappa shape index (κ3) is 3.46. The van der Waals surface area contributed by atoms with Gasteiger partial charge in [0.25, 0.3) is 11.7 Å². The van der Waals surface area contributed by atoms with Crippen molar-refractivity contribution in [2.75, 3.05) is 4.90 Å². The number of rotatable bonds is 3. The molecule has 0 spiro atoms. The van der Waals surface area contributed by atoms with E-state index in [4.69, 9.17) is 0 Å². The number of amides is 1. The van der Waals surface area contributed by atoms with Gasteiger partial charge in [-0.2, -0.15) is 0 Å². The molecular weight excluding hydrogens is 424 g/mol. The minimum atomic E-state index is -1.02. The molecule has 33 heavy (non-hydrogen) atoms. The average Bonchev–Trinajstić information content (AvgIpc) is 3.10. The zero-order valence-corrected chi connectivity index (χ0v) is 17.2. The van der Waals surface area contributed by atoms with E-state index in [0.29, 0.717) is 16.5 Å². The third-order valence-electron chi connectivity index (χ3n) is 5.78. The Kier molecular flexibility index (Phi) is 4.98. The van der Waals surface area contributed by atoms with E-state index < -0.39 is 29.4 Å². The Morgan fingerprint density at radius 1 is 0.758 bits per heavy atom. The molecule has 1 atom stereocenters. The molecule has 1 amide bonds. The second kappa shape index (κ2) is 7.98. The molecule has 1 N–H and O–H groups in total. The van der Waals surface area contributed by atoms with Crippen molar-refractivity contribution < 1.29 is 23.5 Å². The fourth-order valence-electron chi connectivity index (χ4n) is 4.24. The smallest absolute Gasteiger partial charge is 0.300 e. The molecule has 4 nitrogen and oxygen atoms in total. The summed E-state index contributed by atoms with van der Waals surface area (Å²) in [6.45, 7) is 0. The van der Waals surface area contributed by atoms with Crippen molar-refractivity contribution in [2.24, 2.45) is 0 Å². The Labute approximate surface area is 188 Å². The van der Waals surface area contributed by atoms with Crippen LogP contribution in [0.25, 0.3) is 16.5 Å². The molecule has 1 aliphatic rings. The van der Waals surface area contributed by atoms with Crippen LogP contribution in [-0.2, 0) is 9.59 Å². The number of fused-ring (bicyclic) bond motifs is 1. The van der Waals surface area contributed by atoms with Crippen molar-refractivity contribution >= 4 is 33.9 Å². The maximum Gasteiger partial charge on any atom is 0.300 e. The molecule has 1 unspecified atom stereocenters. The molecule has 0 bridgehead atoms. The molecule has 4 aromatic carbocycles. The predicted octanol–water partition coefficient (Wildman–Crippen LogP) is 5.74. The van der Waals surface area contributed by atoms with Crippen LogP contribution in [-0.4, -0.2) is 16.8 Å². The molecule has 0 aromatic heterocycles. The summed E-state index contributed by atoms with van der Waals surface area (Å²) in [7, 11) is 0. The second-order valence-corrected chi connectivity index (χ2v) is 7.72. The summed E-state index contributed by atoms with van der Waals surface area (Å²) in [6, 6.07) is 22.1. The maximum atomic E-state index is 13.6. The van der Waals surface area contributed by atoms with E-state index in [-0.39, 0.29) is 17.0 Å². The summed E-state index contributed by atoms with van der Waals surface area (Å²) in [6.07, 6.45) is 0. The van der Waals surface area contributed by atoms with Crippen LogP contribution < -0.4 is 4.90 Å². The first-order valence-corrected chi connectivity index (χ1v) is 10.3. The van der Waals surface area contributed by atoms with Crippen LogP contribution in [0.2, 0.25) is 0 Å². The van der Waals surface area contributed by atoms with Gasteiger partial charge in [0.05, 0.1) is 11.6 Å². The largest absolute Gasteiger partial charge is 0.507 e. The molecule has 0 aliphatic carbocycles. The van der Waals surface area contributed by atoms with Gasteiger partial charge in [-0.1, -0.05) is 54.6 Å². The Bertz CT molecular complexity index is 1420. The summed E-state index contributed by atoms with van der Waals surface area (Å²) in [5.74, 6) is -3.04. The highest BCUT2D eigenvalue weighted by Gasteiger charge is 2.47. The number of carbonyl (C=O) groups is 2. The Morgan fingerprint density at radius 2 is 1.36 bits per heavy atom. The third-order valence-corrected chi connectivity index (χ3v) is 5.78. The first-order valence-electron chi connectivity index (χ1n) is 10.3. The summed E-state index contributed by atoms with van der Waals surface area (Å²) >= 11 is 0. The summed E-state index contributed by atoms with van der Waals surface area (Å²) in [5, 5.41) is 12.9. The van der Waals surface area contributed by atoms with Gasteiger partial charge in [0.2, 0.25) is 0 Å². The lowest BCUT2D eigenvalue weighted by Crippen LogP contribution is -2.29. The fourth-order valence-corrected chi connectivity index (χ4v) is 4.24. The summed E-state index contributed by atoms with van der Waals surface area (Å²) in [5.41, 5.74) is 0.996. The zero-order valence-electron chi connectivity index (χ0n) is 17.2. The number of aliphatic hydroxyl groups is 1. The lowest BCUT2D eigenvalue weighted by atomic mass is 9.93. The standard InChI is InChI=1S/C27H17F2NO3/c28-18-10-8-17(9-11-18)24-23(25(31)22-7-3-5-16-4-1-2-6-21(16)22)26(32)27(33)30(24)20-14-12-19(29)13-15-20/h1-15,24,31H/b25-23-. The maximum absolute atomic E-state index is 13.6. The second-order valence-electron chi connectivity index (χ2n) is 7.72. The van der Waals surface area contributed by atoms with Crippen LogP contribution in [0, 0.1) is 11.6 Å². The van der Waals surface area contributed by atoms with Gasteiger partial charge in [-0.3, -0.25) is 14.5 Å². The summed E-state index contributed by atoms with van der Waals surface area (Å²) < 4.78 is 27.2. The molecular formula is C27H17F2NO3. The SMILES string of the molecule is O=C1C(=O)N(c2ccc(F)cc2)C(c2ccc(F)cc2)/C1=C(/O)c1cccc2ccccc12. The molecule has 1 aliphatic heterocycles. The number of halogens is 2. The van der Waals surface area contributed by atoms with Gasteiger partial charge in [-0.15, -0.1) is 0 Å². The number of Topliss-reactive ketones (excluding diaryl/α,β-unsaturated/α-hetero) is 1. The predicted molar refractivity (Wildman–Crippen MR) is 122 cm³/mol. The molecule has 1 heterocycles. The number of aliphatic hydroxyl groups excluding tert-OH is 1. The first-order chi connectivity index (χ1) is 16.0. The van der Waals surface area contributed by atoms with E-state index in [9.17, 15) is 23.5 Å². The van der Waals surface area contributed by atoms with E-state index in [1.54, 1.807) is 12.1 Å². The van der Waals surface area contributed by atoms with Crippen molar-refractivity contribution in [1.82, 2.24) is 0 Å². The summed E-state index contributed by atoms with van der Waals surface area (Å²) in [4.78, 5) is 27.5. The van der Waals surface area contributed by atoms with Crippen LogP contribution in [0.15, 0.2) is 96.6 Å². The van der Waals surface area contributed by atoms with Crippen LogP contribution >= 0.6 is 0 Å². The van der Waals surface area contributed by atoms with Crippen LogP contribution in [0.1, 0.15) is 17.2 Å². The minimum Gasteiger partial charge on any atom is -0.507 e. The van der Waals surface area contributed by atoms with Crippen molar-refractivity contribution in [3.05, 3.63) is 119 Å². The Hall–Kier alpha value is -4.32. The minimum absolute atomic E-state index is 0.118. The topological polar surface area (TPSA) is 57.6 Å². The lowest BCUT2D eigenvalue weighted by molar-refractivity contribution is -0.132. The first kappa shape index (κ1) is 20.6. The van der Waals surface area contributed by atoms with Gasteiger partial charge in [0.15, 0.2) is 0 Å². The Morgan fingerprint density at radius 3 is 2.06 bits per heavy atom. The molecule has 0 saturated carbocycles. The highest BCUT2D eigenvalue weighted by molar-refractivity contribution is 6.51. The molecule has 1 fully saturated rings. The zero-order chi connectivity index (χ0) is 23.1. The number of nitrogens with zero attached hydrogens (tertiary/aromatic N) is 1. The molecule has 1 saturated heterocycles. The fraction of sp³-hybridized carbons (Fsp3) is 0.0370. The quantitative estimate of drug-likeness (QED) is 0.250. The molecule has 6 heteroatoms. The van der Waals surface area contributed by atoms with Crippen molar-refractivity contribution in [3.8, 4) is 0 Å². The number of benzene rings is 4. The van der Waals surface area contributed by atoms with Gasteiger partial charge in [0, 0.05) is 11.3 Å². The lowest BCUT2D eigenvalue weighted by Gasteiger charge is -2.25. The van der Waals surface area contributed by atoms with E-state index in [2.05, 4.69) is 0 Å². The number of anilines is 1. The Balaban J connectivity index is 1.77.